The number of carbonyl (C=O) groups is 1. The molecule has 8 heteroatoms. The van der Waals surface area contributed by atoms with Gasteiger partial charge in [0.2, 0.25) is 5.91 Å². The third-order valence-corrected chi connectivity index (χ3v) is 4.09. The molecule has 1 amide bonds. The van der Waals surface area contributed by atoms with Crippen molar-refractivity contribution in [3.63, 3.8) is 0 Å². The molecule has 1 fully saturated rings. The van der Waals surface area contributed by atoms with Crippen molar-refractivity contribution in [2.45, 2.75) is 0 Å². The van der Waals surface area contributed by atoms with E-state index in [-0.39, 0.29) is 11.5 Å². The summed E-state index contributed by atoms with van der Waals surface area (Å²) in [5.41, 5.74) is 0.158. The van der Waals surface area contributed by atoms with Gasteiger partial charge in [0.25, 0.3) is 0 Å². The number of hydrogen-bond acceptors (Lipinski definition) is 5. The molecular formula is C16H11ClFN3O2S. The SMILES string of the molecule is O=C1CSC(=NN=Cc2c(F)cccc2Oc2ccc(Cl)cc2)N1. The van der Waals surface area contributed by atoms with Gasteiger partial charge in [-0.3, -0.25) is 4.79 Å². The van der Waals surface area contributed by atoms with Crippen molar-refractivity contribution in [2.75, 3.05) is 5.75 Å². The number of ether oxygens (including phenoxy) is 1. The molecule has 0 atom stereocenters. The highest BCUT2D eigenvalue weighted by molar-refractivity contribution is 8.15. The van der Waals surface area contributed by atoms with E-state index in [2.05, 4.69) is 15.5 Å². The third-order valence-electron chi connectivity index (χ3n) is 2.98. The summed E-state index contributed by atoms with van der Waals surface area (Å²) in [7, 11) is 0. The Kier molecular flexibility index (Phi) is 5.12. The minimum atomic E-state index is -0.492. The molecule has 1 saturated heterocycles. The summed E-state index contributed by atoms with van der Waals surface area (Å²) in [6.45, 7) is 0. The van der Waals surface area contributed by atoms with Gasteiger partial charge in [0.05, 0.1) is 17.5 Å². The highest BCUT2D eigenvalue weighted by atomic mass is 35.5. The molecule has 2 aromatic rings. The Morgan fingerprint density at radius 2 is 2.04 bits per heavy atom. The molecule has 1 N–H and O–H groups in total. The number of thioether (sulfide) groups is 1. The van der Waals surface area contributed by atoms with E-state index < -0.39 is 5.82 Å². The minimum absolute atomic E-state index is 0.133. The second-order valence-electron chi connectivity index (χ2n) is 4.69. The number of nitrogens with one attached hydrogen (secondary N) is 1. The zero-order valence-electron chi connectivity index (χ0n) is 12.2. The maximum atomic E-state index is 14.1. The van der Waals surface area contributed by atoms with Crippen LogP contribution in [0.15, 0.2) is 52.7 Å². The number of amides is 1. The van der Waals surface area contributed by atoms with E-state index in [0.717, 1.165) is 0 Å². The van der Waals surface area contributed by atoms with Crippen LogP contribution in [0.25, 0.3) is 0 Å². The Hall–Kier alpha value is -2.38. The second kappa shape index (κ2) is 7.46. The fourth-order valence-corrected chi connectivity index (χ4v) is 2.64. The molecule has 122 valence electrons. The molecule has 0 aromatic heterocycles. The first kappa shape index (κ1) is 16.5. The molecule has 24 heavy (non-hydrogen) atoms. The van der Waals surface area contributed by atoms with E-state index in [9.17, 15) is 9.18 Å². The molecule has 0 spiro atoms. The van der Waals surface area contributed by atoms with E-state index in [0.29, 0.717) is 27.4 Å². The molecule has 5 nitrogen and oxygen atoms in total. The first-order valence-corrected chi connectivity index (χ1v) is 8.24. The molecule has 0 saturated carbocycles. The highest BCUT2D eigenvalue weighted by Crippen LogP contribution is 2.27. The number of hydrogen-bond donors (Lipinski definition) is 1. The van der Waals surface area contributed by atoms with Crippen molar-refractivity contribution in [3.05, 3.63) is 58.9 Å². The summed E-state index contributed by atoms with van der Waals surface area (Å²) in [5, 5.41) is 11.2. The van der Waals surface area contributed by atoms with E-state index in [4.69, 9.17) is 16.3 Å². The number of benzene rings is 2. The van der Waals surface area contributed by atoms with Crippen molar-refractivity contribution >= 4 is 40.7 Å². The van der Waals surface area contributed by atoms with Crippen LogP contribution < -0.4 is 10.1 Å². The Morgan fingerprint density at radius 3 is 2.75 bits per heavy atom. The lowest BCUT2D eigenvalue weighted by Crippen LogP contribution is -2.19. The summed E-state index contributed by atoms with van der Waals surface area (Å²) in [4.78, 5) is 11.1. The van der Waals surface area contributed by atoms with Gasteiger partial charge in [-0.05, 0) is 36.4 Å². The number of rotatable bonds is 4. The lowest BCUT2D eigenvalue weighted by atomic mass is 10.2. The lowest BCUT2D eigenvalue weighted by molar-refractivity contribution is -0.116. The number of nitrogens with zero attached hydrogens (tertiary/aromatic N) is 2. The summed E-state index contributed by atoms with van der Waals surface area (Å²) in [6, 6.07) is 11.2. The zero-order chi connectivity index (χ0) is 16.9. The van der Waals surface area contributed by atoms with Crippen molar-refractivity contribution in [3.8, 4) is 11.5 Å². The van der Waals surface area contributed by atoms with Crippen molar-refractivity contribution in [2.24, 2.45) is 10.2 Å². The Balaban J connectivity index is 1.82. The quantitative estimate of drug-likeness (QED) is 0.663. The van der Waals surface area contributed by atoms with Crippen LogP contribution >= 0.6 is 23.4 Å². The van der Waals surface area contributed by atoms with E-state index >= 15 is 0 Å². The van der Waals surface area contributed by atoms with Gasteiger partial charge < -0.3 is 10.1 Å². The van der Waals surface area contributed by atoms with Crippen LogP contribution in [0.3, 0.4) is 0 Å². The van der Waals surface area contributed by atoms with Crippen LogP contribution in [-0.2, 0) is 4.79 Å². The van der Waals surface area contributed by atoms with E-state index in [1.54, 1.807) is 30.3 Å². The maximum absolute atomic E-state index is 14.1. The molecule has 1 heterocycles. The van der Waals surface area contributed by atoms with Crippen LogP contribution in [0.5, 0.6) is 11.5 Å². The van der Waals surface area contributed by atoms with Crippen molar-refractivity contribution in [1.82, 2.24) is 5.32 Å². The average molecular weight is 364 g/mol. The van der Waals surface area contributed by atoms with Gasteiger partial charge in [0.15, 0.2) is 5.17 Å². The molecule has 0 aliphatic carbocycles. The number of halogens is 2. The largest absolute Gasteiger partial charge is 0.457 e. The normalized spacial score (nSPS) is 15.9. The van der Waals surface area contributed by atoms with Gasteiger partial charge >= 0.3 is 0 Å². The van der Waals surface area contributed by atoms with Crippen molar-refractivity contribution < 1.29 is 13.9 Å². The molecule has 1 aliphatic rings. The monoisotopic (exact) mass is 363 g/mol. The summed E-state index contributed by atoms with van der Waals surface area (Å²) in [6.07, 6.45) is 1.25. The molecule has 2 aromatic carbocycles. The second-order valence-corrected chi connectivity index (χ2v) is 6.09. The van der Waals surface area contributed by atoms with E-state index in [1.165, 1.54) is 30.1 Å². The van der Waals surface area contributed by atoms with Gasteiger partial charge in [-0.25, -0.2) is 4.39 Å². The molecule has 0 unspecified atom stereocenters. The topological polar surface area (TPSA) is 63.0 Å². The van der Waals surface area contributed by atoms with Gasteiger partial charge in [-0.1, -0.05) is 29.4 Å². The van der Waals surface area contributed by atoms with E-state index in [1.807, 2.05) is 0 Å². The van der Waals surface area contributed by atoms with Gasteiger partial charge in [0, 0.05) is 5.02 Å². The number of carbonyl (C=O) groups excluding carboxylic acids is 1. The predicted molar refractivity (Wildman–Crippen MR) is 93.6 cm³/mol. The average Bonchev–Trinajstić information content (AvgIpc) is 2.97. The lowest BCUT2D eigenvalue weighted by Gasteiger charge is -2.09. The van der Waals surface area contributed by atoms with Gasteiger partial charge in [-0.2, -0.15) is 5.10 Å². The standard InChI is InChI=1S/C16H11ClFN3O2S/c17-10-4-6-11(7-5-10)23-14-3-1-2-13(18)12(14)8-19-21-16-20-15(22)9-24-16/h1-8H,9H2,(H,20,21,22). The summed E-state index contributed by atoms with van der Waals surface area (Å²) >= 11 is 7.06. The molecule has 0 radical (unpaired) electrons. The molecular weight excluding hydrogens is 353 g/mol. The molecule has 0 bridgehead atoms. The fourth-order valence-electron chi connectivity index (χ4n) is 1.88. The maximum Gasteiger partial charge on any atom is 0.236 e. The predicted octanol–water partition coefficient (Wildman–Crippen LogP) is 3.82. The highest BCUT2D eigenvalue weighted by Gasteiger charge is 2.16. The van der Waals surface area contributed by atoms with Crippen LogP contribution in [0.4, 0.5) is 4.39 Å². The minimum Gasteiger partial charge on any atom is -0.457 e. The first-order valence-electron chi connectivity index (χ1n) is 6.87. The van der Waals surface area contributed by atoms with Gasteiger partial charge in [0.1, 0.15) is 17.3 Å². The summed E-state index contributed by atoms with van der Waals surface area (Å²) in [5.74, 6) is 0.494. The molecule has 3 rings (SSSR count). The Morgan fingerprint density at radius 1 is 1.25 bits per heavy atom. The van der Waals surface area contributed by atoms with Gasteiger partial charge in [-0.15, -0.1) is 5.10 Å². The Bertz CT molecular complexity index is 825. The zero-order valence-corrected chi connectivity index (χ0v) is 13.8. The van der Waals surface area contributed by atoms with Crippen molar-refractivity contribution in [1.29, 1.82) is 0 Å². The van der Waals surface area contributed by atoms with Crippen LogP contribution in [0, 0.1) is 5.82 Å². The first-order chi connectivity index (χ1) is 11.6. The smallest absolute Gasteiger partial charge is 0.236 e. The van der Waals surface area contributed by atoms with Crippen LogP contribution in [-0.4, -0.2) is 23.0 Å². The van der Waals surface area contributed by atoms with Crippen LogP contribution in [0.1, 0.15) is 5.56 Å². The van der Waals surface area contributed by atoms with Crippen LogP contribution in [0.2, 0.25) is 5.02 Å². The number of amidine groups is 1. The Labute approximate surface area is 146 Å². The molecule has 1 aliphatic heterocycles. The summed E-state index contributed by atoms with van der Waals surface area (Å²) < 4.78 is 19.7. The fraction of sp³-hybridized carbons (Fsp3) is 0.0625. The third kappa shape index (κ3) is 4.12.